The van der Waals surface area contributed by atoms with Crippen LogP contribution < -0.4 is 0 Å². The summed E-state index contributed by atoms with van der Waals surface area (Å²) in [7, 11) is -3.47. The highest BCUT2D eigenvalue weighted by molar-refractivity contribution is 7.89. The van der Waals surface area contributed by atoms with E-state index >= 15 is 0 Å². The Morgan fingerprint density at radius 1 is 1.06 bits per heavy atom. The lowest BCUT2D eigenvalue weighted by Crippen LogP contribution is -2.40. The molecule has 2 aliphatic rings. The number of benzene rings is 2. The van der Waals surface area contributed by atoms with Crippen LogP contribution in [0.5, 0.6) is 0 Å². The van der Waals surface area contributed by atoms with E-state index in [9.17, 15) is 8.42 Å². The van der Waals surface area contributed by atoms with Crippen molar-refractivity contribution in [2.75, 3.05) is 39.4 Å². The summed E-state index contributed by atoms with van der Waals surface area (Å²) in [6.07, 6.45) is 2.29. The lowest BCUT2D eigenvalue weighted by molar-refractivity contribution is 0.0730. The molecule has 2 saturated heterocycles. The zero-order valence-electron chi connectivity index (χ0n) is 17.4. The molecule has 8 heteroatoms. The highest BCUT2D eigenvalue weighted by Gasteiger charge is 2.27. The highest BCUT2D eigenvalue weighted by Crippen LogP contribution is 2.33. The van der Waals surface area contributed by atoms with E-state index in [1.54, 1.807) is 17.4 Å². The first-order chi connectivity index (χ1) is 15.1. The molecule has 0 radical (unpaired) electrons. The van der Waals surface area contributed by atoms with Crippen molar-refractivity contribution in [2.45, 2.75) is 30.2 Å². The van der Waals surface area contributed by atoms with E-state index in [1.165, 1.54) is 14.0 Å². The molecule has 2 aromatic carbocycles. The number of nitrogens with zero attached hydrogens (tertiary/aromatic N) is 3. The summed E-state index contributed by atoms with van der Waals surface area (Å²) < 4.78 is 34.1. The smallest absolute Gasteiger partial charge is 0.243 e. The fraction of sp³-hybridized carbons (Fsp3) is 0.435. The second kappa shape index (κ2) is 8.96. The molecule has 3 heterocycles. The maximum Gasteiger partial charge on any atom is 0.243 e. The number of thiazole rings is 1. The molecule has 1 aromatic heterocycles. The van der Waals surface area contributed by atoms with Crippen molar-refractivity contribution >= 4 is 31.6 Å². The standard InChI is InChI=1S/C23H27N3O3S2/c27-31(28,26-11-13-29-14-12-26)20-7-3-5-18(15-20)16-25-10-4-6-19(17-25)23-24-21-8-1-2-9-22(21)30-23/h1-3,5,7-9,15,19H,4,6,10-14,16-17H2/t19-/m0/s1. The summed E-state index contributed by atoms with van der Waals surface area (Å²) in [4.78, 5) is 7.69. The van der Waals surface area contributed by atoms with Crippen LogP contribution in [0.3, 0.4) is 0 Å². The maximum atomic E-state index is 13.0. The Balaban J connectivity index is 1.30. The van der Waals surface area contributed by atoms with Gasteiger partial charge in [0.25, 0.3) is 0 Å². The minimum absolute atomic E-state index is 0.381. The van der Waals surface area contributed by atoms with Gasteiger partial charge in [-0.2, -0.15) is 4.31 Å². The average Bonchev–Trinajstić information content (AvgIpc) is 3.25. The maximum absolute atomic E-state index is 13.0. The quantitative estimate of drug-likeness (QED) is 0.585. The molecule has 0 bridgehead atoms. The summed E-state index contributed by atoms with van der Waals surface area (Å²) >= 11 is 1.80. The molecule has 0 unspecified atom stereocenters. The summed E-state index contributed by atoms with van der Waals surface area (Å²) in [5, 5.41) is 1.22. The lowest BCUT2D eigenvalue weighted by Gasteiger charge is -2.32. The van der Waals surface area contributed by atoms with E-state index in [-0.39, 0.29) is 0 Å². The molecule has 0 aliphatic carbocycles. The van der Waals surface area contributed by atoms with Crippen LogP contribution in [0, 0.1) is 0 Å². The highest BCUT2D eigenvalue weighted by atomic mass is 32.2. The minimum Gasteiger partial charge on any atom is -0.379 e. The van der Waals surface area contributed by atoms with Crippen molar-refractivity contribution < 1.29 is 13.2 Å². The number of fused-ring (bicyclic) bond motifs is 1. The van der Waals surface area contributed by atoms with Gasteiger partial charge in [0.2, 0.25) is 10.0 Å². The molecule has 0 saturated carbocycles. The molecule has 0 amide bonds. The van der Waals surface area contributed by atoms with Crippen molar-refractivity contribution in [3.63, 3.8) is 0 Å². The van der Waals surface area contributed by atoms with Gasteiger partial charge in [-0.05, 0) is 49.2 Å². The van der Waals surface area contributed by atoms with Crippen molar-refractivity contribution in [1.29, 1.82) is 0 Å². The van der Waals surface area contributed by atoms with E-state index in [1.807, 2.05) is 24.3 Å². The van der Waals surface area contributed by atoms with Crippen LogP contribution in [0.1, 0.15) is 29.3 Å². The van der Waals surface area contributed by atoms with Crippen LogP contribution in [0.4, 0.5) is 0 Å². The van der Waals surface area contributed by atoms with E-state index in [0.717, 1.165) is 43.6 Å². The lowest BCUT2D eigenvalue weighted by atomic mass is 9.98. The van der Waals surface area contributed by atoms with Crippen molar-refractivity contribution in [3.8, 4) is 0 Å². The van der Waals surface area contributed by atoms with E-state index in [2.05, 4.69) is 23.1 Å². The van der Waals surface area contributed by atoms with Crippen LogP contribution >= 0.6 is 11.3 Å². The number of aromatic nitrogens is 1. The molecule has 31 heavy (non-hydrogen) atoms. The fourth-order valence-electron chi connectivity index (χ4n) is 4.46. The van der Waals surface area contributed by atoms with Gasteiger partial charge in [0.05, 0.1) is 33.3 Å². The van der Waals surface area contributed by atoms with Gasteiger partial charge in [-0.3, -0.25) is 4.90 Å². The van der Waals surface area contributed by atoms with Gasteiger partial charge in [0.1, 0.15) is 0 Å². The van der Waals surface area contributed by atoms with Gasteiger partial charge in [-0.15, -0.1) is 11.3 Å². The Bertz CT molecular complexity index is 1120. The largest absolute Gasteiger partial charge is 0.379 e. The first-order valence-electron chi connectivity index (χ1n) is 10.8. The zero-order valence-corrected chi connectivity index (χ0v) is 19.1. The summed E-state index contributed by atoms with van der Waals surface area (Å²) in [6.45, 7) is 4.50. The van der Waals surface area contributed by atoms with Crippen LogP contribution in [0.15, 0.2) is 53.4 Å². The summed E-state index contributed by atoms with van der Waals surface area (Å²) in [5.74, 6) is 0.436. The van der Waals surface area contributed by atoms with Crippen molar-refractivity contribution in [3.05, 3.63) is 59.1 Å². The Morgan fingerprint density at radius 3 is 2.74 bits per heavy atom. The molecular weight excluding hydrogens is 430 g/mol. The average molecular weight is 458 g/mol. The normalized spacial score (nSPS) is 21.5. The van der Waals surface area contributed by atoms with Crippen LogP contribution in [0.25, 0.3) is 10.2 Å². The van der Waals surface area contributed by atoms with Crippen LogP contribution in [0.2, 0.25) is 0 Å². The number of morpholine rings is 1. The Morgan fingerprint density at radius 2 is 1.90 bits per heavy atom. The molecular formula is C23H27N3O3S2. The topological polar surface area (TPSA) is 62.7 Å². The first-order valence-corrected chi connectivity index (χ1v) is 13.1. The van der Waals surface area contributed by atoms with E-state index < -0.39 is 10.0 Å². The zero-order chi connectivity index (χ0) is 21.3. The molecule has 2 fully saturated rings. The van der Waals surface area contributed by atoms with Gasteiger partial charge in [-0.1, -0.05) is 24.3 Å². The molecule has 3 aromatic rings. The third-order valence-electron chi connectivity index (χ3n) is 6.08. The predicted octanol–water partition coefficient (Wildman–Crippen LogP) is 3.70. The number of rotatable bonds is 5. The Kier molecular flexibility index (Phi) is 6.08. The van der Waals surface area contributed by atoms with E-state index in [4.69, 9.17) is 9.72 Å². The third kappa shape index (κ3) is 4.54. The second-order valence-electron chi connectivity index (χ2n) is 8.26. The van der Waals surface area contributed by atoms with Crippen LogP contribution in [-0.4, -0.2) is 62.0 Å². The van der Waals surface area contributed by atoms with E-state index in [0.29, 0.717) is 37.1 Å². The summed E-state index contributed by atoms with van der Waals surface area (Å²) in [5.41, 5.74) is 2.12. The monoisotopic (exact) mass is 457 g/mol. The Hall–Kier alpha value is -1.84. The number of piperidine rings is 1. The number of likely N-dealkylation sites (tertiary alicyclic amines) is 1. The van der Waals surface area contributed by atoms with Crippen molar-refractivity contribution in [1.82, 2.24) is 14.2 Å². The second-order valence-corrected chi connectivity index (χ2v) is 11.3. The van der Waals surface area contributed by atoms with Gasteiger partial charge in [0, 0.05) is 32.1 Å². The number of sulfonamides is 1. The molecule has 2 aliphatic heterocycles. The molecule has 164 valence electrons. The Labute approximate surface area is 187 Å². The predicted molar refractivity (Wildman–Crippen MR) is 123 cm³/mol. The third-order valence-corrected chi connectivity index (χ3v) is 9.17. The van der Waals surface area contributed by atoms with Crippen LogP contribution in [-0.2, 0) is 21.3 Å². The SMILES string of the molecule is O=S(=O)(c1cccc(CN2CCC[C@H](c3nc4ccccc4s3)C2)c1)N1CCOCC1. The molecule has 0 spiro atoms. The van der Waals surface area contributed by atoms with Gasteiger partial charge in [0.15, 0.2) is 0 Å². The first kappa shape index (κ1) is 21.0. The van der Waals surface area contributed by atoms with Crippen molar-refractivity contribution in [2.24, 2.45) is 0 Å². The van der Waals surface area contributed by atoms with Gasteiger partial charge in [-0.25, -0.2) is 13.4 Å². The summed E-state index contributed by atoms with van der Waals surface area (Å²) in [6, 6.07) is 15.7. The molecule has 6 nitrogen and oxygen atoms in total. The molecule has 0 N–H and O–H groups in total. The number of ether oxygens (including phenoxy) is 1. The molecule has 5 rings (SSSR count). The van der Waals surface area contributed by atoms with Gasteiger partial charge >= 0.3 is 0 Å². The fourth-order valence-corrected chi connectivity index (χ4v) is 7.04. The molecule has 1 atom stereocenters. The van der Waals surface area contributed by atoms with Gasteiger partial charge < -0.3 is 4.74 Å². The number of hydrogen-bond acceptors (Lipinski definition) is 6. The minimum atomic E-state index is -3.47. The number of para-hydroxylation sites is 1. The number of hydrogen-bond donors (Lipinski definition) is 0.